The van der Waals surface area contributed by atoms with Crippen LogP contribution in [0.4, 0.5) is 16.3 Å². The third kappa shape index (κ3) is 7.96. The minimum absolute atomic E-state index is 0.0388. The number of fused-ring (bicyclic) bond motifs is 1. The molecule has 5 aliphatic rings. The van der Waals surface area contributed by atoms with E-state index in [2.05, 4.69) is 59.6 Å². The molecule has 0 radical (unpaired) electrons. The Bertz CT molecular complexity index is 2210. The summed E-state index contributed by atoms with van der Waals surface area (Å²) in [5, 5.41) is 24.9. The zero-order chi connectivity index (χ0) is 39.8. The van der Waals surface area contributed by atoms with Crippen molar-refractivity contribution < 1.29 is 19.1 Å². The van der Waals surface area contributed by atoms with Crippen LogP contribution in [0.5, 0.6) is 5.75 Å². The molecule has 0 unspecified atom stereocenters. The number of piperidine rings is 2. The fourth-order valence-electron chi connectivity index (χ4n) is 10.0. The first kappa shape index (κ1) is 38.3. The number of benzene rings is 2. The van der Waals surface area contributed by atoms with Crippen LogP contribution in [0.2, 0.25) is 5.02 Å². The molecule has 3 aliphatic heterocycles. The van der Waals surface area contributed by atoms with Gasteiger partial charge in [-0.2, -0.15) is 5.26 Å². The Morgan fingerprint density at radius 2 is 1.74 bits per heavy atom. The summed E-state index contributed by atoms with van der Waals surface area (Å²) < 4.78 is 8.50. The van der Waals surface area contributed by atoms with Gasteiger partial charge >= 0.3 is 6.03 Å². The molecule has 1 spiro atoms. The van der Waals surface area contributed by atoms with Crippen molar-refractivity contribution in [1.29, 1.82) is 5.26 Å². The van der Waals surface area contributed by atoms with E-state index >= 15 is 0 Å². The summed E-state index contributed by atoms with van der Waals surface area (Å²) in [6.07, 6.45) is 12.9. The number of hydrogen-bond donors (Lipinski definition) is 2. The van der Waals surface area contributed by atoms with E-state index in [0.29, 0.717) is 52.4 Å². The number of nitriles is 1. The fraction of sp³-hybridized carbons (Fsp3) is 0.500. The van der Waals surface area contributed by atoms with Gasteiger partial charge in [0.2, 0.25) is 5.91 Å². The van der Waals surface area contributed by atoms with Crippen LogP contribution in [0, 0.1) is 22.7 Å². The van der Waals surface area contributed by atoms with Crippen molar-refractivity contribution >= 4 is 51.9 Å². The lowest BCUT2D eigenvalue weighted by Gasteiger charge is -2.53. The number of hydrogen-bond acceptors (Lipinski definition) is 9. The van der Waals surface area contributed by atoms with Gasteiger partial charge in [0.15, 0.2) is 11.5 Å². The lowest BCUT2D eigenvalue weighted by Crippen LogP contribution is -2.49. The SMILES string of the molecule is N#Cc1ccc(OC2CCC(NC(=O)c3ccc(N4CCC(CN5CCC6(CC5)CC(n5ccc7c(N8CCC(=O)NC8=O)cccc75)C6)CC4)nn3)CC2)cc1Cl. The minimum atomic E-state index is -0.341. The molecule has 0 bridgehead atoms. The van der Waals surface area contributed by atoms with Crippen LogP contribution in [0.3, 0.4) is 0 Å². The second kappa shape index (κ2) is 16.2. The fourth-order valence-corrected chi connectivity index (χ4v) is 10.2. The highest BCUT2D eigenvalue weighted by molar-refractivity contribution is 6.31. The standard InChI is InChI=1S/C44H50ClN9O4/c45-36-24-34(7-4-30(36)27-46)58-33-8-5-31(6-9-33)47-42(56)37-10-11-40(50-49-37)52-18-12-29(13-19-52)28-51-22-16-44(17-23-51)25-32(26-44)53-20-14-35-38(53)2-1-3-39(35)54-21-15-41(55)48-43(54)57/h1-4,7,10-11,14,20,24,29,31-33H,5-6,8-9,12-13,15-19,21-23,25-26,28H2,(H,47,56)(H,48,55,57). The number of halogens is 1. The van der Waals surface area contributed by atoms with Gasteiger partial charge in [-0.15, -0.1) is 10.2 Å². The first-order chi connectivity index (χ1) is 28.2. The Labute approximate surface area is 343 Å². The van der Waals surface area contributed by atoms with E-state index in [0.717, 1.165) is 93.7 Å². The van der Waals surface area contributed by atoms with Crippen molar-refractivity contribution in [2.45, 2.75) is 88.8 Å². The highest BCUT2D eigenvalue weighted by Crippen LogP contribution is 2.55. The number of rotatable bonds is 9. The zero-order valence-corrected chi connectivity index (χ0v) is 33.5. The second-order valence-electron chi connectivity index (χ2n) is 17.1. The quantitative estimate of drug-likeness (QED) is 0.185. The van der Waals surface area contributed by atoms with Gasteiger partial charge in [-0.1, -0.05) is 17.7 Å². The number of amides is 4. The molecule has 2 aromatic carbocycles. The topological polar surface area (TPSA) is 149 Å². The normalized spacial score (nSPS) is 23.0. The summed E-state index contributed by atoms with van der Waals surface area (Å²) in [5.74, 6) is 1.74. The summed E-state index contributed by atoms with van der Waals surface area (Å²) in [4.78, 5) is 44.0. The third-order valence-corrected chi connectivity index (χ3v) is 13.8. The maximum Gasteiger partial charge on any atom is 0.328 e. The maximum atomic E-state index is 13.0. The number of anilines is 2. The number of nitrogens with one attached hydrogen (secondary N) is 2. The molecule has 4 amide bonds. The predicted molar refractivity (Wildman–Crippen MR) is 221 cm³/mol. The molecular formula is C44H50ClN9O4. The molecule has 0 atom stereocenters. The number of imide groups is 1. The smallest absolute Gasteiger partial charge is 0.328 e. The summed E-state index contributed by atoms with van der Waals surface area (Å²) in [6.45, 7) is 5.75. The van der Waals surface area contributed by atoms with Crippen LogP contribution in [-0.4, -0.2) is 88.9 Å². The highest BCUT2D eigenvalue weighted by atomic mass is 35.5. The van der Waals surface area contributed by atoms with Crippen LogP contribution in [0.25, 0.3) is 10.9 Å². The molecule has 302 valence electrons. The van der Waals surface area contributed by atoms with E-state index in [4.69, 9.17) is 21.6 Å². The average molecular weight is 804 g/mol. The summed E-state index contributed by atoms with van der Waals surface area (Å²) in [5.41, 5.74) is 3.21. The average Bonchev–Trinajstić information content (AvgIpc) is 3.66. The second-order valence-corrected chi connectivity index (χ2v) is 17.5. The van der Waals surface area contributed by atoms with Gasteiger partial charge in [-0.05, 0) is 131 Å². The van der Waals surface area contributed by atoms with Crippen molar-refractivity contribution in [3.63, 3.8) is 0 Å². The molecule has 2 N–H and O–H groups in total. The summed E-state index contributed by atoms with van der Waals surface area (Å²) in [7, 11) is 0. The molecule has 5 fully saturated rings. The van der Waals surface area contributed by atoms with Crippen molar-refractivity contribution in [2.24, 2.45) is 11.3 Å². The monoisotopic (exact) mass is 803 g/mol. The summed E-state index contributed by atoms with van der Waals surface area (Å²) in [6, 6.07) is 19.4. The number of urea groups is 1. The third-order valence-electron chi connectivity index (χ3n) is 13.4. The van der Waals surface area contributed by atoms with Crippen LogP contribution in [0.15, 0.2) is 60.8 Å². The van der Waals surface area contributed by atoms with Crippen molar-refractivity contribution in [3.05, 3.63) is 77.1 Å². The first-order valence-corrected chi connectivity index (χ1v) is 21.3. The summed E-state index contributed by atoms with van der Waals surface area (Å²) >= 11 is 6.16. The molecular weight excluding hydrogens is 754 g/mol. The highest BCUT2D eigenvalue weighted by Gasteiger charge is 2.47. The van der Waals surface area contributed by atoms with Gasteiger partial charge in [-0.25, -0.2) is 4.79 Å². The maximum absolute atomic E-state index is 13.0. The number of ether oxygens (including phenoxy) is 1. The molecule has 4 aromatic rings. The predicted octanol–water partition coefficient (Wildman–Crippen LogP) is 6.86. The van der Waals surface area contributed by atoms with E-state index < -0.39 is 0 Å². The number of aromatic nitrogens is 3. The molecule has 3 saturated heterocycles. The van der Waals surface area contributed by atoms with Crippen LogP contribution in [-0.2, 0) is 4.79 Å². The molecule has 5 heterocycles. The van der Waals surface area contributed by atoms with E-state index in [-0.39, 0.29) is 30.0 Å². The molecule has 2 aromatic heterocycles. The van der Waals surface area contributed by atoms with E-state index in [9.17, 15) is 14.4 Å². The molecule has 9 rings (SSSR count). The van der Waals surface area contributed by atoms with Gasteiger partial charge in [0.05, 0.1) is 27.9 Å². The van der Waals surface area contributed by atoms with Crippen molar-refractivity contribution in [1.82, 2.24) is 30.3 Å². The lowest BCUT2D eigenvalue weighted by molar-refractivity contribution is -0.120. The number of likely N-dealkylation sites (tertiary alicyclic amines) is 1. The van der Waals surface area contributed by atoms with E-state index in [1.165, 1.54) is 25.7 Å². The lowest BCUT2D eigenvalue weighted by atomic mass is 9.60. The van der Waals surface area contributed by atoms with Crippen LogP contribution >= 0.6 is 11.6 Å². The molecule has 14 heteroatoms. The minimum Gasteiger partial charge on any atom is -0.490 e. The van der Waals surface area contributed by atoms with E-state index in [1.807, 2.05) is 18.2 Å². The molecule has 13 nitrogen and oxygen atoms in total. The Hall–Kier alpha value is -5.19. The van der Waals surface area contributed by atoms with Crippen molar-refractivity contribution in [3.8, 4) is 11.8 Å². The van der Waals surface area contributed by atoms with Crippen LogP contribution < -0.4 is 25.2 Å². The molecule has 58 heavy (non-hydrogen) atoms. The van der Waals surface area contributed by atoms with Crippen molar-refractivity contribution in [2.75, 3.05) is 49.1 Å². The molecule has 2 aliphatic carbocycles. The molecule has 2 saturated carbocycles. The Kier molecular flexibility index (Phi) is 10.7. The Balaban J connectivity index is 0.689. The number of nitrogens with zero attached hydrogens (tertiary/aromatic N) is 7. The first-order valence-electron chi connectivity index (χ1n) is 20.9. The van der Waals surface area contributed by atoms with Crippen LogP contribution in [0.1, 0.15) is 92.7 Å². The van der Waals surface area contributed by atoms with Gasteiger partial charge in [-0.3, -0.25) is 19.8 Å². The van der Waals surface area contributed by atoms with Gasteiger partial charge in [0.25, 0.3) is 5.91 Å². The van der Waals surface area contributed by atoms with Gasteiger partial charge in [0.1, 0.15) is 11.8 Å². The van der Waals surface area contributed by atoms with Gasteiger partial charge < -0.3 is 24.4 Å². The number of carbonyl (C=O) groups is 3. The number of carbonyl (C=O) groups excluding carboxylic acids is 3. The zero-order valence-electron chi connectivity index (χ0n) is 32.7. The van der Waals surface area contributed by atoms with E-state index in [1.54, 1.807) is 29.2 Å². The largest absolute Gasteiger partial charge is 0.490 e. The Morgan fingerprint density at radius 3 is 2.45 bits per heavy atom. The van der Waals surface area contributed by atoms with Gasteiger partial charge in [0, 0.05) is 62.3 Å². The Morgan fingerprint density at radius 1 is 0.948 bits per heavy atom.